The Labute approximate surface area is 176 Å². The van der Waals surface area contributed by atoms with Gasteiger partial charge in [0, 0.05) is 30.8 Å². The first-order valence-corrected chi connectivity index (χ1v) is 9.80. The van der Waals surface area contributed by atoms with Gasteiger partial charge in [-0.1, -0.05) is 66.7 Å². The highest BCUT2D eigenvalue weighted by Gasteiger charge is 2.42. The molecule has 3 rings (SSSR count). The van der Waals surface area contributed by atoms with Gasteiger partial charge < -0.3 is 4.74 Å². The number of benzene rings is 3. The van der Waals surface area contributed by atoms with Crippen molar-refractivity contribution in [1.82, 2.24) is 0 Å². The molecule has 0 aliphatic carbocycles. The van der Waals surface area contributed by atoms with E-state index in [1.54, 1.807) is 57.4 Å². The zero-order valence-corrected chi connectivity index (χ0v) is 17.4. The van der Waals surface area contributed by atoms with Crippen LogP contribution in [-0.2, 0) is 0 Å². The van der Waals surface area contributed by atoms with Crippen LogP contribution in [0, 0.1) is 10.1 Å². The van der Waals surface area contributed by atoms with Crippen molar-refractivity contribution < 1.29 is 14.5 Å². The van der Waals surface area contributed by atoms with Crippen molar-refractivity contribution in [2.75, 3.05) is 7.11 Å². The highest BCUT2D eigenvalue weighted by molar-refractivity contribution is 5.97. The Morgan fingerprint density at radius 2 is 1.50 bits per heavy atom. The number of rotatable bonds is 8. The molecule has 0 bridgehead atoms. The summed E-state index contributed by atoms with van der Waals surface area (Å²) in [7, 11) is 1.57. The summed E-state index contributed by atoms with van der Waals surface area (Å²) in [4.78, 5) is 24.5. The number of hydrogen-bond acceptors (Lipinski definition) is 4. The Balaban J connectivity index is 1.86. The van der Waals surface area contributed by atoms with Crippen molar-refractivity contribution in [3.63, 3.8) is 0 Å². The Morgan fingerprint density at radius 3 is 2.03 bits per heavy atom. The van der Waals surface area contributed by atoms with E-state index in [0.717, 1.165) is 16.7 Å². The summed E-state index contributed by atoms with van der Waals surface area (Å²) in [6.07, 6.45) is 0.0466. The summed E-state index contributed by atoms with van der Waals surface area (Å²) < 4.78 is 5.18. The third-order valence-corrected chi connectivity index (χ3v) is 5.55. The minimum atomic E-state index is -1.30. The summed E-state index contributed by atoms with van der Waals surface area (Å²) in [6.45, 7) is 3.13. The average molecular weight is 403 g/mol. The van der Waals surface area contributed by atoms with Gasteiger partial charge in [-0.15, -0.1) is 0 Å². The molecule has 3 aromatic rings. The molecule has 0 heterocycles. The Kier molecular flexibility index (Phi) is 6.31. The second-order valence-corrected chi connectivity index (χ2v) is 7.81. The third kappa shape index (κ3) is 4.57. The fraction of sp³-hybridized carbons (Fsp3) is 0.240. The molecular weight excluding hydrogens is 378 g/mol. The number of nitrogens with zero attached hydrogens (tertiary/aromatic N) is 1. The zero-order chi connectivity index (χ0) is 21.7. The first kappa shape index (κ1) is 21.2. The lowest BCUT2D eigenvalue weighted by atomic mass is 9.78. The number of Topliss-reactive ketones (excluding diaryl/α,β-unsaturated/α-hetero) is 1. The van der Waals surface area contributed by atoms with Crippen molar-refractivity contribution in [3.05, 3.63) is 100 Å². The van der Waals surface area contributed by atoms with E-state index >= 15 is 0 Å². The van der Waals surface area contributed by atoms with Crippen LogP contribution in [0.2, 0.25) is 0 Å². The van der Waals surface area contributed by atoms with E-state index in [1.165, 1.54) is 0 Å². The van der Waals surface area contributed by atoms with Gasteiger partial charge in [0.1, 0.15) is 5.75 Å². The maximum Gasteiger partial charge on any atom is 0.223 e. The summed E-state index contributed by atoms with van der Waals surface area (Å²) in [6, 6.07) is 24.4. The second-order valence-electron chi connectivity index (χ2n) is 7.81. The molecule has 0 saturated heterocycles. The van der Waals surface area contributed by atoms with Crippen molar-refractivity contribution in [2.24, 2.45) is 0 Å². The van der Waals surface area contributed by atoms with Crippen LogP contribution < -0.4 is 4.74 Å². The second kappa shape index (κ2) is 8.91. The van der Waals surface area contributed by atoms with Gasteiger partial charge >= 0.3 is 0 Å². The van der Waals surface area contributed by atoms with E-state index in [4.69, 9.17) is 4.74 Å². The van der Waals surface area contributed by atoms with E-state index in [9.17, 15) is 14.9 Å². The van der Waals surface area contributed by atoms with Gasteiger partial charge in [-0.05, 0) is 28.8 Å². The third-order valence-electron chi connectivity index (χ3n) is 5.55. The quantitative estimate of drug-likeness (QED) is 0.272. The van der Waals surface area contributed by atoms with E-state index in [0.29, 0.717) is 11.3 Å². The standard InChI is InChI=1S/C25H25NO4/c1-25(2,26(28)29)23(20-13-15-22(30-3)16-14-20)17-24(27)21-11-9-19(10-12-21)18-7-5-4-6-8-18/h4-16,23H,17H2,1-3H3. The van der Waals surface area contributed by atoms with Gasteiger partial charge in [-0.3, -0.25) is 14.9 Å². The summed E-state index contributed by atoms with van der Waals surface area (Å²) >= 11 is 0. The molecule has 0 radical (unpaired) electrons. The first-order chi connectivity index (χ1) is 14.3. The maximum atomic E-state index is 13.0. The van der Waals surface area contributed by atoms with E-state index in [-0.39, 0.29) is 17.1 Å². The maximum absolute atomic E-state index is 13.0. The summed E-state index contributed by atoms with van der Waals surface area (Å²) in [5.74, 6) is -0.0238. The van der Waals surface area contributed by atoms with Gasteiger partial charge in [0.25, 0.3) is 0 Å². The predicted molar refractivity (Wildman–Crippen MR) is 118 cm³/mol. The Hall–Kier alpha value is -3.47. The zero-order valence-electron chi connectivity index (χ0n) is 17.4. The van der Waals surface area contributed by atoms with E-state index in [2.05, 4.69) is 0 Å². The summed E-state index contributed by atoms with van der Waals surface area (Å²) in [5.41, 5.74) is 2.08. The number of carbonyl (C=O) groups is 1. The molecule has 0 spiro atoms. The smallest absolute Gasteiger partial charge is 0.223 e. The number of hydrogen-bond donors (Lipinski definition) is 0. The Morgan fingerprint density at radius 1 is 0.933 bits per heavy atom. The molecule has 30 heavy (non-hydrogen) atoms. The van der Waals surface area contributed by atoms with Crippen LogP contribution >= 0.6 is 0 Å². The molecule has 5 heteroatoms. The lowest BCUT2D eigenvalue weighted by molar-refractivity contribution is -0.565. The lowest BCUT2D eigenvalue weighted by Crippen LogP contribution is -2.39. The number of methoxy groups -OCH3 is 1. The van der Waals surface area contributed by atoms with Crippen LogP contribution in [0.1, 0.15) is 42.1 Å². The van der Waals surface area contributed by atoms with Crippen LogP contribution in [0.25, 0.3) is 11.1 Å². The topological polar surface area (TPSA) is 69.4 Å². The van der Waals surface area contributed by atoms with Gasteiger partial charge in [0.05, 0.1) is 13.0 Å². The summed E-state index contributed by atoms with van der Waals surface area (Å²) in [5, 5.41) is 11.7. The first-order valence-electron chi connectivity index (χ1n) is 9.80. The van der Waals surface area contributed by atoms with Crippen LogP contribution in [0.15, 0.2) is 78.9 Å². The van der Waals surface area contributed by atoms with E-state index < -0.39 is 11.5 Å². The van der Waals surface area contributed by atoms with Crippen LogP contribution in [0.4, 0.5) is 0 Å². The molecule has 0 amide bonds. The largest absolute Gasteiger partial charge is 0.497 e. The molecule has 1 atom stereocenters. The number of carbonyl (C=O) groups excluding carboxylic acids is 1. The molecule has 0 fully saturated rings. The van der Waals surface area contributed by atoms with Crippen molar-refractivity contribution in [2.45, 2.75) is 31.7 Å². The van der Waals surface area contributed by atoms with Gasteiger partial charge in [0.2, 0.25) is 5.54 Å². The fourth-order valence-electron chi connectivity index (χ4n) is 3.52. The molecule has 1 unspecified atom stereocenters. The lowest BCUT2D eigenvalue weighted by Gasteiger charge is -2.27. The molecule has 0 aliphatic heterocycles. The molecule has 5 nitrogen and oxygen atoms in total. The van der Waals surface area contributed by atoms with Gasteiger partial charge in [-0.25, -0.2) is 0 Å². The van der Waals surface area contributed by atoms with Gasteiger partial charge in [-0.2, -0.15) is 0 Å². The SMILES string of the molecule is COc1ccc(C(CC(=O)c2ccc(-c3ccccc3)cc2)C(C)(C)[N+](=O)[O-])cc1. The van der Waals surface area contributed by atoms with Crippen molar-refractivity contribution in [1.29, 1.82) is 0 Å². The minimum Gasteiger partial charge on any atom is -0.497 e. The van der Waals surface area contributed by atoms with Crippen LogP contribution in [0.3, 0.4) is 0 Å². The normalized spacial score (nSPS) is 12.2. The molecule has 3 aromatic carbocycles. The number of nitro groups is 1. The highest BCUT2D eigenvalue weighted by atomic mass is 16.6. The number of ether oxygens (including phenoxy) is 1. The van der Waals surface area contributed by atoms with Crippen LogP contribution in [0.5, 0.6) is 5.75 Å². The van der Waals surface area contributed by atoms with Crippen molar-refractivity contribution in [3.8, 4) is 16.9 Å². The molecular formula is C25H25NO4. The molecule has 0 aromatic heterocycles. The van der Waals surface area contributed by atoms with Crippen LogP contribution in [-0.4, -0.2) is 23.4 Å². The molecule has 0 N–H and O–H groups in total. The average Bonchev–Trinajstić information content (AvgIpc) is 2.78. The van der Waals surface area contributed by atoms with Crippen molar-refractivity contribution >= 4 is 5.78 Å². The molecule has 154 valence electrons. The number of ketones is 1. The molecule has 0 saturated carbocycles. The predicted octanol–water partition coefficient (Wildman–Crippen LogP) is 5.77. The fourth-order valence-corrected chi connectivity index (χ4v) is 3.52. The minimum absolute atomic E-state index is 0.0466. The van der Waals surface area contributed by atoms with Gasteiger partial charge in [0.15, 0.2) is 5.78 Å². The highest BCUT2D eigenvalue weighted by Crippen LogP contribution is 2.35. The molecule has 0 aliphatic rings. The Bertz CT molecular complexity index is 1010. The monoisotopic (exact) mass is 403 g/mol. The van der Waals surface area contributed by atoms with E-state index in [1.807, 2.05) is 42.5 Å².